The maximum Gasteiger partial charge on any atom is 0.163 e. The SMILES string of the molecule is CCCCCCCCc1ccc2c(c1)C(Cl)C(Cl)CCC2=O. The molecular formula is C19H26Cl2O. The number of halogens is 2. The Hall–Kier alpha value is -0.530. The van der Waals surface area contributed by atoms with Crippen molar-refractivity contribution in [2.45, 2.75) is 75.5 Å². The van der Waals surface area contributed by atoms with Gasteiger partial charge in [-0.3, -0.25) is 4.79 Å². The van der Waals surface area contributed by atoms with Gasteiger partial charge in [0.2, 0.25) is 0 Å². The standard InChI is InChI=1S/C19H26Cl2O/c1-2-3-4-5-6-7-8-14-9-10-15-16(13-14)19(21)17(20)11-12-18(15)22/h9-10,13,17,19H,2-8,11-12H2,1H3. The Morgan fingerprint density at radius 1 is 1.09 bits per heavy atom. The lowest BCUT2D eigenvalue weighted by Gasteiger charge is -2.15. The zero-order valence-corrected chi connectivity index (χ0v) is 14.9. The van der Waals surface area contributed by atoms with E-state index in [0.717, 1.165) is 17.5 Å². The van der Waals surface area contributed by atoms with Crippen LogP contribution in [0.1, 0.15) is 85.2 Å². The Kier molecular flexibility index (Phi) is 7.24. The molecule has 122 valence electrons. The molecule has 0 fully saturated rings. The summed E-state index contributed by atoms with van der Waals surface area (Å²) in [5.74, 6) is 0.176. The van der Waals surface area contributed by atoms with E-state index in [9.17, 15) is 4.79 Å². The van der Waals surface area contributed by atoms with Crippen molar-refractivity contribution in [1.82, 2.24) is 0 Å². The predicted molar refractivity (Wildman–Crippen MR) is 95.3 cm³/mol. The fraction of sp³-hybridized carbons (Fsp3) is 0.632. The molecule has 2 rings (SSSR count). The number of aryl methyl sites for hydroxylation is 1. The van der Waals surface area contributed by atoms with Crippen molar-refractivity contribution < 1.29 is 4.79 Å². The van der Waals surface area contributed by atoms with Crippen LogP contribution in [0.3, 0.4) is 0 Å². The third kappa shape index (κ3) is 4.73. The van der Waals surface area contributed by atoms with E-state index in [4.69, 9.17) is 23.2 Å². The molecule has 1 aromatic carbocycles. The number of rotatable bonds is 7. The van der Waals surface area contributed by atoms with Gasteiger partial charge in [0, 0.05) is 12.0 Å². The van der Waals surface area contributed by atoms with E-state index in [0.29, 0.717) is 12.8 Å². The maximum atomic E-state index is 12.2. The minimum absolute atomic E-state index is 0.156. The van der Waals surface area contributed by atoms with Crippen LogP contribution >= 0.6 is 23.2 Å². The van der Waals surface area contributed by atoms with Crippen molar-refractivity contribution in [1.29, 1.82) is 0 Å². The zero-order chi connectivity index (χ0) is 15.9. The Balaban J connectivity index is 1.97. The highest BCUT2D eigenvalue weighted by Crippen LogP contribution is 2.37. The molecule has 3 heteroatoms. The highest BCUT2D eigenvalue weighted by molar-refractivity contribution is 6.30. The van der Waals surface area contributed by atoms with E-state index >= 15 is 0 Å². The molecular weight excluding hydrogens is 315 g/mol. The summed E-state index contributed by atoms with van der Waals surface area (Å²) in [6, 6.07) is 6.15. The van der Waals surface area contributed by atoms with Gasteiger partial charge >= 0.3 is 0 Å². The van der Waals surface area contributed by atoms with Gasteiger partial charge in [0.25, 0.3) is 0 Å². The molecule has 2 unspecified atom stereocenters. The molecule has 0 aliphatic heterocycles. The van der Waals surface area contributed by atoms with Gasteiger partial charge in [-0.05, 0) is 30.4 Å². The van der Waals surface area contributed by atoms with Gasteiger partial charge in [0.15, 0.2) is 5.78 Å². The lowest BCUT2D eigenvalue weighted by atomic mass is 9.96. The first-order valence-electron chi connectivity index (χ1n) is 8.57. The maximum absolute atomic E-state index is 12.2. The molecule has 22 heavy (non-hydrogen) atoms. The molecule has 0 N–H and O–H groups in total. The number of benzene rings is 1. The second-order valence-corrected chi connectivity index (χ2v) is 7.35. The summed E-state index contributed by atoms with van der Waals surface area (Å²) >= 11 is 12.8. The number of unbranched alkanes of at least 4 members (excludes halogenated alkanes) is 5. The van der Waals surface area contributed by atoms with Crippen LogP contribution in [0.4, 0.5) is 0 Å². The summed E-state index contributed by atoms with van der Waals surface area (Å²) in [7, 11) is 0. The topological polar surface area (TPSA) is 17.1 Å². The van der Waals surface area contributed by atoms with E-state index < -0.39 is 0 Å². The van der Waals surface area contributed by atoms with Crippen LogP contribution in [-0.2, 0) is 6.42 Å². The average molecular weight is 341 g/mol. The van der Waals surface area contributed by atoms with Gasteiger partial charge < -0.3 is 0 Å². The van der Waals surface area contributed by atoms with Crippen LogP contribution in [0.15, 0.2) is 18.2 Å². The molecule has 0 aromatic heterocycles. The number of alkyl halides is 2. The number of hydrogen-bond acceptors (Lipinski definition) is 1. The van der Waals surface area contributed by atoms with Gasteiger partial charge in [-0.15, -0.1) is 23.2 Å². The second-order valence-electron chi connectivity index (χ2n) is 6.32. The van der Waals surface area contributed by atoms with Crippen LogP contribution in [0.2, 0.25) is 0 Å². The highest BCUT2D eigenvalue weighted by Gasteiger charge is 2.28. The van der Waals surface area contributed by atoms with E-state index in [2.05, 4.69) is 19.1 Å². The van der Waals surface area contributed by atoms with Crippen LogP contribution in [0, 0.1) is 0 Å². The summed E-state index contributed by atoms with van der Waals surface area (Å²) in [6.07, 6.45) is 9.99. The molecule has 1 aliphatic carbocycles. The van der Waals surface area contributed by atoms with Gasteiger partial charge in [-0.1, -0.05) is 57.2 Å². The van der Waals surface area contributed by atoms with Crippen LogP contribution in [0.25, 0.3) is 0 Å². The Labute approximate surface area is 144 Å². The largest absolute Gasteiger partial charge is 0.294 e. The first-order valence-corrected chi connectivity index (χ1v) is 9.45. The quantitative estimate of drug-likeness (QED) is 0.316. The summed E-state index contributed by atoms with van der Waals surface area (Å²) in [5, 5.41) is -0.413. The smallest absolute Gasteiger partial charge is 0.163 e. The van der Waals surface area contributed by atoms with Crippen molar-refractivity contribution in [2.75, 3.05) is 0 Å². The van der Waals surface area contributed by atoms with Crippen LogP contribution in [0.5, 0.6) is 0 Å². The highest BCUT2D eigenvalue weighted by atomic mass is 35.5. The van der Waals surface area contributed by atoms with Gasteiger partial charge in [-0.2, -0.15) is 0 Å². The third-order valence-corrected chi connectivity index (χ3v) is 5.64. The second kappa shape index (κ2) is 8.93. The van der Waals surface area contributed by atoms with E-state index in [-0.39, 0.29) is 16.5 Å². The Morgan fingerprint density at radius 3 is 2.59 bits per heavy atom. The molecule has 0 saturated carbocycles. The van der Waals surface area contributed by atoms with Crippen molar-refractivity contribution in [3.63, 3.8) is 0 Å². The molecule has 1 aliphatic rings. The molecule has 0 heterocycles. The van der Waals surface area contributed by atoms with Crippen molar-refractivity contribution in [2.24, 2.45) is 0 Å². The fourth-order valence-electron chi connectivity index (χ4n) is 3.10. The molecule has 2 atom stereocenters. The number of carbonyl (C=O) groups is 1. The van der Waals surface area contributed by atoms with Crippen molar-refractivity contribution in [3.8, 4) is 0 Å². The van der Waals surface area contributed by atoms with E-state index in [1.54, 1.807) is 0 Å². The minimum atomic E-state index is -0.257. The van der Waals surface area contributed by atoms with Gasteiger partial charge in [0.1, 0.15) is 0 Å². The number of Topliss-reactive ketones (excluding diaryl/α,β-unsaturated/α-hetero) is 1. The van der Waals surface area contributed by atoms with Crippen LogP contribution in [-0.4, -0.2) is 11.2 Å². The molecule has 1 aromatic rings. The molecule has 0 spiro atoms. The monoisotopic (exact) mass is 340 g/mol. The zero-order valence-electron chi connectivity index (χ0n) is 13.4. The third-order valence-electron chi connectivity index (χ3n) is 4.50. The summed E-state index contributed by atoms with van der Waals surface area (Å²) in [5.41, 5.74) is 2.99. The summed E-state index contributed by atoms with van der Waals surface area (Å²) < 4.78 is 0. The number of hydrogen-bond donors (Lipinski definition) is 0. The Morgan fingerprint density at radius 2 is 1.82 bits per heavy atom. The molecule has 0 radical (unpaired) electrons. The predicted octanol–water partition coefficient (Wildman–Crippen LogP) is 6.45. The summed E-state index contributed by atoms with van der Waals surface area (Å²) in [6.45, 7) is 2.24. The molecule has 1 nitrogen and oxygen atoms in total. The number of ketones is 1. The van der Waals surface area contributed by atoms with Crippen molar-refractivity contribution >= 4 is 29.0 Å². The lowest BCUT2D eigenvalue weighted by molar-refractivity contribution is 0.0982. The minimum Gasteiger partial charge on any atom is -0.294 e. The first-order chi connectivity index (χ1) is 10.6. The number of fused-ring (bicyclic) bond motifs is 1. The average Bonchev–Trinajstić information content (AvgIpc) is 2.63. The van der Waals surface area contributed by atoms with E-state index in [1.807, 2.05) is 6.07 Å². The Bertz CT molecular complexity index is 498. The molecule has 0 bridgehead atoms. The number of carbonyl (C=O) groups excluding carboxylic acids is 1. The van der Waals surface area contributed by atoms with Gasteiger partial charge in [-0.25, -0.2) is 0 Å². The fourth-order valence-corrected chi connectivity index (χ4v) is 3.66. The lowest BCUT2D eigenvalue weighted by Crippen LogP contribution is -2.06. The van der Waals surface area contributed by atoms with Crippen LogP contribution < -0.4 is 0 Å². The van der Waals surface area contributed by atoms with Crippen molar-refractivity contribution in [3.05, 3.63) is 34.9 Å². The summed E-state index contributed by atoms with van der Waals surface area (Å²) in [4.78, 5) is 12.2. The molecule has 0 saturated heterocycles. The van der Waals surface area contributed by atoms with E-state index in [1.165, 1.54) is 44.1 Å². The normalized spacial score (nSPS) is 21.5. The molecule has 0 amide bonds. The van der Waals surface area contributed by atoms with Gasteiger partial charge in [0.05, 0.1) is 10.8 Å². The first kappa shape index (κ1) is 17.8.